The number of rotatable bonds is 8. The van der Waals surface area contributed by atoms with Gasteiger partial charge in [0.25, 0.3) is 11.5 Å². The maximum absolute atomic E-state index is 12.7. The number of nitrogens with one attached hydrogen (secondary N) is 1. The van der Waals surface area contributed by atoms with E-state index in [1.807, 2.05) is 6.92 Å². The lowest BCUT2D eigenvalue weighted by atomic mass is 10.1. The lowest BCUT2D eigenvalue weighted by Crippen LogP contribution is -2.31. The van der Waals surface area contributed by atoms with Crippen molar-refractivity contribution < 1.29 is 9.53 Å². The van der Waals surface area contributed by atoms with E-state index >= 15 is 0 Å². The molecule has 0 aliphatic rings. The summed E-state index contributed by atoms with van der Waals surface area (Å²) in [6, 6.07) is 9.64. The summed E-state index contributed by atoms with van der Waals surface area (Å²) in [6.07, 6.45) is 3.79. The van der Waals surface area contributed by atoms with E-state index in [1.165, 1.54) is 16.8 Å². The Kier molecular flexibility index (Phi) is 7.91. The average Bonchev–Trinajstić information content (AvgIpc) is 2.61. The van der Waals surface area contributed by atoms with Gasteiger partial charge in [0, 0.05) is 42.1 Å². The molecule has 26 heavy (non-hydrogen) atoms. The van der Waals surface area contributed by atoms with Crippen LogP contribution in [-0.2, 0) is 9.53 Å². The summed E-state index contributed by atoms with van der Waals surface area (Å²) in [7, 11) is 0. The molecule has 0 bridgehead atoms. The van der Waals surface area contributed by atoms with Crippen LogP contribution in [0.4, 0.5) is 0 Å². The predicted octanol–water partition coefficient (Wildman–Crippen LogP) is 3.70. The van der Waals surface area contributed by atoms with Crippen LogP contribution < -0.4 is 10.9 Å². The Morgan fingerprint density at radius 2 is 2.08 bits per heavy atom. The van der Waals surface area contributed by atoms with E-state index < -0.39 is 0 Å². The Bertz CT molecular complexity index is 847. The van der Waals surface area contributed by atoms with Gasteiger partial charge in [0.1, 0.15) is 5.70 Å². The Hall–Kier alpha value is -2.08. The van der Waals surface area contributed by atoms with Crippen LogP contribution >= 0.6 is 23.2 Å². The smallest absolute Gasteiger partial charge is 0.268 e. The zero-order valence-corrected chi connectivity index (χ0v) is 15.9. The van der Waals surface area contributed by atoms with E-state index in [2.05, 4.69) is 5.32 Å². The molecule has 1 aromatic heterocycles. The molecule has 0 spiro atoms. The summed E-state index contributed by atoms with van der Waals surface area (Å²) in [5.41, 5.74) is 0.454. The first-order valence-corrected chi connectivity index (χ1v) is 8.99. The molecular weight excluding hydrogens is 375 g/mol. The molecule has 1 aromatic carbocycles. The van der Waals surface area contributed by atoms with E-state index in [0.717, 1.165) is 0 Å². The Labute approximate surface area is 162 Å². The second-order valence-electron chi connectivity index (χ2n) is 5.41. The second kappa shape index (κ2) is 10.2. The van der Waals surface area contributed by atoms with Gasteiger partial charge in [0.05, 0.1) is 0 Å². The fraction of sp³-hybridized carbons (Fsp3) is 0.263. The largest absolute Gasteiger partial charge is 0.382 e. The van der Waals surface area contributed by atoms with Crippen molar-refractivity contribution in [2.45, 2.75) is 13.3 Å². The van der Waals surface area contributed by atoms with Crippen LogP contribution in [0.1, 0.15) is 18.9 Å². The number of halogens is 2. The van der Waals surface area contributed by atoms with Gasteiger partial charge in [-0.3, -0.25) is 14.2 Å². The van der Waals surface area contributed by atoms with Crippen molar-refractivity contribution in [3.05, 3.63) is 68.6 Å². The highest BCUT2D eigenvalue weighted by Crippen LogP contribution is 2.24. The third kappa shape index (κ3) is 5.73. The number of carbonyl (C=O) groups excluding carboxylic acids is 1. The first-order chi connectivity index (χ1) is 12.5. The average molecular weight is 395 g/mol. The monoisotopic (exact) mass is 394 g/mol. The fourth-order valence-corrected chi connectivity index (χ4v) is 2.71. The number of amides is 1. The van der Waals surface area contributed by atoms with Crippen LogP contribution in [0.3, 0.4) is 0 Å². The SMILES string of the molecule is CCOCCCNC(=O)/C(=C\c1ccc(Cl)cc1Cl)n1ccccc1=O. The van der Waals surface area contributed by atoms with Gasteiger partial charge in [-0.05, 0) is 43.2 Å². The molecule has 0 radical (unpaired) electrons. The van der Waals surface area contributed by atoms with Gasteiger partial charge in [-0.2, -0.15) is 0 Å². The van der Waals surface area contributed by atoms with Crippen LogP contribution in [-0.4, -0.2) is 30.2 Å². The van der Waals surface area contributed by atoms with E-state index in [0.29, 0.717) is 41.8 Å². The summed E-state index contributed by atoms with van der Waals surface area (Å²) < 4.78 is 6.53. The summed E-state index contributed by atoms with van der Waals surface area (Å²) in [5.74, 6) is -0.374. The van der Waals surface area contributed by atoms with Crippen LogP contribution in [0.5, 0.6) is 0 Å². The predicted molar refractivity (Wildman–Crippen MR) is 105 cm³/mol. The molecule has 0 aliphatic heterocycles. The first-order valence-electron chi connectivity index (χ1n) is 8.23. The number of benzene rings is 1. The number of carbonyl (C=O) groups is 1. The lowest BCUT2D eigenvalue weighted by molar-refractivity contribution is -0.116. The number of aromatic nitrogens is 1. The molecule has 0 fully saturated rings. The van der Waals surface area contributed by atoms with E-state index in [9.17, 15) is 9.59 Å². The van der Waals surface area contributed by atoms with Crippen LogP contribution in [0.2, 0.25) is 10.0 Å². The zero-order chi connectivity index (χ0) is 18.9. The molecule has 2 aromatic rings. The summed E-state index contributed by atoms with van der Waals surface area (Å²) in [5, 5.41) is 3.69. The van der Waals surface area contributed by atoms with Gasteiger partial charge in [0.2, 0.25) is 0 Å². The molecule has 5 nitrogen and oxygen atoms in total. The van der Waals surface area contributed by atoms with Gasteiger partial charge < -0.3 is 10.1 Å². The van der Waals surface area contributed by atoms with E-state index in [-0.39, 0.29) is 17.2 Å². The van der Waals surface area contributed by atoms with E-state index in [4.69, 9.17) is 27.9 Å². The van der Waals surface area contributed by atoms with Gasteiger partial charge in [-0.25, -0.2) is 0 Å². The van der Waals surface area contributed by atoms with Crippen molar-refractivity contribution in [1.29, 1.82) is 0 Å². The minimum absolute atomic E-state index is 0.177. The van der Waals surface area contributed by atoms with Crippen molar-refractivity contribution in [1.82, 2.24) is 9.88 Å². The van der Waals surface area contributed by atoms with Crippen LogP contribution in [0, 0.1) is 0 Å². The van der Waals surface area contributed by atoms with E-state index in [1.54, 1.807) is 36.4 Å². The normalized spacial score (nSPS) is 11.4. The molecule has 7 heteroatoms. The minimum atomic E-state index is -0.374. The molecule has 1 heterocycles. The molecule has 0 aliphatic carbocycles. The van der Waals surface area contributed by atoms with Crippen molar-refractivity contribution in [2.75, 3.05) is 19.8 Å². The first kappa shape index (κ1) is 20.2. The van der Waals surface area contributed by atoms with Gasteiger partial charge in [-0.1, -0.05) is 35.3 Å². The third-order valence-corrected chi connectivity index (χ3v) is 4.09. The summed E-state index contributed by atoms with van der Waals surface area (Å²) in [4.78, 5) is 24.8. The molecule has 0 unspecified atom stereocenters. The van der Waals surface area contributed by atoms with Crippen molar-refractivity contribution in [2.24, 2.45) is 0 Å². The van der Waals surface area contributed by atoms with Gasteiger partial charge >= 0.3 is 0 Å². The number of nitrogens with zero attached hydrogens (tertiary/aromatic N) is 1. The lowest BCUT2D eigenvalue weighted by Gasteiger charge is -2.12. The molecule has 138 valence electrons. The quantitative estimate of drug-likeness (QED) is 0.548. The fourth-order valence-electron chi connectivity index (χ4n) is 2.25. The molecule has 1 N–H and O–H groups in total. The standard InChI is InChI=1S/C19H20Cl2N2O3/c1-2-26-11-5-9-22-19(25)17(23-10-4-3-6-18(23)24)12-14-7-8-15(20)13-16(14)21/h3-4,6-8,10,12-13H,2,5,9,11H2,1H3,(H,22,25)/b17-12+. The Morgan fingerprint density at radius 3 is 2.77 bits per heavy atom. The van der Waals surface area contributed by atoms with Crippen molar-refractivity contribution in [3.63, 3.8) is 0 Å². The zero-order valence-electron chi connectivity index (χ0n) is 14.4. The van der Waals surface area contributed by atoms with Gasteiger partial charge in [0.15, 0.2) is 0 Å². The molecule has 1 amide bonds. The number of hydrogen-bond donors (Lipinski definition) is 1. The summed E-state index contributed by atoms with van der Waals surface area (Å²) >= 11 is 12.1. The number of ether oxygens (including phenoxy) is 1. The molecular formula is C19H20Cl2N2O3. The maximum Gasteiger partial charge on any atom is 0.268 e. The highest BCUT2D eigenvalue weighted by molar-refractivity contribution is 6.36. The van der Waals surface area contributed by atoms with Crippen molar-refractivity contribution >= 4 is 40.9 Å². The molecule has 2 rings (SSSR count). The maximum atomic E-state index is 12.7. The molecule has 0 saturated carbocycles. The van der Waals surface area contributed by atoms with Gasteiger partial charge in [-0.15, -0.1) is 0 Å². The van der Waals surface area contributed by atoms with Crippen LogP contribution in [0.25, 0.3) is 11.8 Å². The Morgan fingerprint density at radius 1 is 1.27 bits per heavy atom. The molecule has 0 atom stereocenters. The highest BCUT2D eigenvalue weighted by Gasteiger charge is 2.13. The Balaban J connectivity index is 2.31. The second-order valence-corrected chi connectivity index (χ2v) is 6.25. The number of hydrogen-bond acceptors (Lipinski definition) is 3. The van der Waals surface area contributed by atoms with Crippen molar-refractivity contribution in [3.8, 4) is 0 Å². The van der Waals surface area contributed by atoms with Crippen LogP contribution in [0.15, 0.2) is 47.4 Å². The summed E-state index contributed by atoms with van der Waals surface area (Å²) in [6.45, 7) is 3.54. The number of pyridine rings is 1. The topological polar surface area (TPSA) is 60.3 Å². The minimum Gasteiger partial charge on any atom is -0.382 e. The third-order valence-electron chi connectivity index (χ3n) is 3.52. The molecule has 0 saturated heterocycles. The highest BCUT2D eigenvalue weighted by atomic mass is 35.5.